The van der Waals surface area contributed by atoms with Gasteiger partial charge in [0.2, 0.25) is 0 Å². The van der Waals surface area contributed by atoms with Gasteiger partial charge in [0.25, 0.3) is 0 Å². The van der Waals surface area contributed by atoms with E-state index >= 15 is 0 Å². The molecule has 0 aliphatic heterocycles. The Hall–Kier alpha value is -3.54. The molecule has 6 heteroatoms. The Labute approximate surface area is 158 Å². The van der Waals surface area contributed by atoms with E-state index in [1.165, 1.54) is 13.8 Å². The first-order valence-electron chi connectivity index (χ1n) is 7.87. The molecule has 0 spiro atoms. The average Bonchev–Trinajstić information content (AvgIpc) is 2.59. The predicted octanol–water partition coefficient (Wildman–Crippen LogP) is 3.98. The zero-order chi connectivity index (χ0) is 21.0. The highest BCUT2D eigenvalue weighted by Gasteiger charge is 2.04. The molecule has 0 saturated heterocycles. The topological polar surface area (TPSA) is 115 Å². The smallest absolute Gasteiger partial charge is 0.330 e. The van der Waals surface area contributed by atoms with Crippen molar-refractivity contribution in [1.82, 2.24) is 0 Å². The van der Waals surface area contributed by atoms with E-state index in [-0.39, 0.29) is 22.6 Å². The fraction of sp³-hybridized carbons (Fsp3) is 0.143. The molecular weight excluding hydrogens is 348 g/mol. The van der Waals surface area contributed by atoms with Crippen LogP contribution in [0.15, 0.2) is 72.8 Å². The van der Waals surface area contributed by atoms with Crippen molar-refractivity contribution in [1.29, 1.82) is 0 Å². The van der Waals surface area contributed by atoms with Gasteiger partial charge in [-0.1, -0.05) is 49.6 Å². The van der Waals surface area contributed by atoms with Crippen molar-refractivity contribution in [3.63, 3.8) is 0 Å². The number of carboxylic acids is 2. The number of aromatic hydroxyl groups is 2. The van der Waals surface area contributed by atoms with Crippen LogP contribution in [0.2, 0.25) is 0 Å². The van der Waals surface area contributed by atoms with Crippen molar-refractivity contribution < 1.29 is 30.0 Å². The standard InChI is InChI=1S/C13H12O2.2C4H6O2/c14-12-7-3-1-5-10(12)9-11-6-2-4-8-13(11)15;2*1-3(2)4(5)6/h1-8,14-15H,9H2;2*1H2,2H3,(H,5,6). The zero-order valence-corrected chi connectivity index (χ0v) is 15.3. The molecule has 2 aromatic rings. The SMILES string of the molecule is C=C(C)C(=O)O.C=C(C)C(=O)O.Oc1ccccc1Cc1ccccc1O. The molecule has 0 fully saturated rings. The van der Waals surface area contributed by atoms with Crippen molar-refractivity contribution >= 4 is 11.9 Å². The predicted molar refractivity (Wildman–Crippen MR) is 104 cm³/mol. The van der Waals surface area contributed by atoms with E-state index in [0.717, 1.165) is 11.1 Å². The number of aliphatic carboxylic acids is 2. The lowest BCUT2D eigenvalue weighted by Crippen LogP contribution is -1.92. The number of para-hydroxylation sites is 2. The summed E-state index contributed by atoms with van der Waals surface area (Å²) in [5.74, 6) is -1.34. The summed E-state index contributed by atoms with van der Waals surface area (Å²) in [7, 11) is 0. The summed E-state index contributed by atoms with van der Waals surface area (Å²) in [5.41, 5.74) is 1.99. The Bertz CT molecular complexity index is 716. The van der Waals surface area contributed by atoms with Gasteiger partial charge in [-0.25, -0.2) is 9.59 Å². The van der Waals surface area contributed by atoms with Crippen LogP contribution in [-0.2, 0) is 16.0 Å². The second-order valence-corrected chi connectivity index (χ2v) is 5.61. The number of carbonyl (C=O) groups is 2. The Morgan fingerprint density at radius 3 is 1.22 bits per heavy atom. The van der Waals surface area contributed by atoms with Crippen LogP contribution in [-0.4, -0.2) is 32.4 Å². The highest BCUT2D eigenvalue weighted by atomic mass is 16.4. The van der Waals surface area contributed by atoms with E-state index in [0.29, 0.717) is 6.42 Å². The molecular formula is C21H24O6. The first-order valence-corrected chi connectivity index (χ1v) is 7.87. The molecule has 4 N–H and O–H groups in total. The number of phenolic OH excluding ortho intramolecular Hbond substituents is 2. The lowest BCUT2D eigenvalue weighted by atomic mass is 10.0. The van der Waals surface area contributed by atoms with Crippen molar-refractivity contribution in [3.8, 4) is 11.5 Å². The molecule has 0 aliphatic rings. The molecule has 0 unspecified atom stereocenters. The van der Waals surface area contributed by atoms with Gasteiger partial charge in [-0.05, 0) is 37.1 Å². The van der Waals surface area contributed by atoms with Crippen molar-refractivity contribution in [2.75, 3.05) is 0 Å². The van der Waals surface area contributed by atoms with Crippen LogP contribution in [0.4, 0.5) is 0 Å². The van der Waals surface area contributed by atoms with E-state index in [1.807, 2.05) is 24.3 Å². The van der Waals surface area contributed by atoms with Gasteiger partial charge >= 0.3 is 11.9 Å². The molecule has 0 amide bonds. The summed E-state index contributed by atoms with van der Waals surface area (Å²) < 4.78 is 0. The molecule has 0 aromatic heterocycles. The summed E-state index contributed by atoms with van der Waals surface area (Å²) in [6.45, 7) is 9.20. The molecule has 0 heterocycles. The van der Waals surface area contributed by atoms with Crippen LogP contribution < -0.4 is 0 Å². The van der Waals surface area contributed by atoms with Gasteiger partial charge in [-0.2, -0.15) is 0 Å². The Kier molecular flexibility index (Phi) is 10.4. The third kappa shape index (κ3) is 10.1. The number of carboxylic acid groups (broad SMARTS) is 2. The quantitative estimate of drug-likeness (QED) is 0.604. The van der Waals surface area contributed by atoms with E-state index in [9.17, 15) is 19.8 Å². The van der Waals surface area contributed by atoms with Crippen LogP contribution >= 0.6 is 0 Å². The third-order valence-corrected chi connectivity index (χ3v) is 3.09. The maximum atomic E-state index is 9.60. The van der Waals surface area contributed by atoms with Crippen LogP contribution in [0.25, 0.3) is 0 Å². The molecule has 27 heavy (non-hydrogen) atoms. The minimum absolute atomic E-state index is 0.176. The first-order chi connectivity index (χ1) is 12.6. The first kappa shape index (κ1) is 23.5. The van der Waals surface area contributed by atoms with Crippen LogP contribution in [0.5, 0.6) is 11.5 Å². The molecule has 144 valence electrons. The highest BCUT2D eigenvalue weighted by Crippen LogP contribution is 2.24. The number of rotatable bonds is 4. The van der Waals surface area contributed by atoms with Crippen LogP contribution in [0, 0.1) is 0 Å². The number of phenols is 2. The molecule has 0 atom stereocenters. The van der Waals surface area contributed by atoms with E-state index in [4.69, 9.17) is 10.2 Å². The monoisotopic (exact) mass is 372 g/mol. The van der Waals surface area contributed by atoms with Crippen molar-refractivity contribution in [2.24, 2.45) is 0 Å². The average molecular weight is 372 g/mol. The van der Waals surface area contributed by atoms with E-state index in [1.54, 1.807) is 24.3 Å². The summed E-state index contributed by atoms with van der Waals surface area (Å²) in [5, 5.41) is 34.9. The molecule has 6 nitrogen and oxygen atoms in total. The Balaban J connectivity index is 0.000000470. The largest absolute Gasteiger partial charge is 0.508 e. The van der Waals surface area contributed by atoms with Crippen molar-refractivity contribution in [3.05, 3.63) is 84.0 Å². The molecule has 0 aliphatic carbocycles. The normalized spacial score (nSPS) is 8.96. The van der Waals surface area contributed by atoms with Gasteiger partial charge in [0.05, 0.1) is 0 Å². The van der Waals surface area contributed by atoms with E-state index in [2.05, 4.69) is 13.2 Å². The molecule has 0 bridgehead atoms. The lowest BCUT2D eigenvalue weighted by molar-refractivity contribution is -0.133. The third-order valence-electron chi connectivity index (χ3n) is 3.09. The maximum Gasteiger partial charge on any atom is 0.330 e. The van der Waals surface area contributed by atoms with Gasteiger partial charge in [0.1, 0.15) is 11.5 Å². The Morgan fingerprint density at radius 1 is 0.741 bits per heavy atom. The summed E-state index contributed by atoms with van der Waals surface area (Å²) in [4.78, 5) is 19.2. The van der Waals surface area contributed by atoms with Gasteiger partial charge in [-0.3, -0.25) is 0 Å². The van der Waals surface area contributed by atoms with Gasteiger partial charge in [0.15, 0.2) is 0 Å². The molecule has 2 aromatic carbocycles. The number of hydrogen-bond acceptors (Lipinski definition) is 4. The van der Waals surface area contributed by atoms with E-state index < -0.39 is 11.9 Å². The fourth-order valence-corrected chi connectivity index (χ4v) is 1.53. The van der Waals surface area contributed by atoms with Crippen LogP contribution in [0.3, 0.4) is 0 Å². The number of benzene rings is 2. The fourth-order valence-electron chi connectivity index (χ4n) is 1.53. The highest BCUT2D eigenvalue weighted by molar-refractivity contribution is 5.85. The number of hydrogen-bond donors (Lipinski definition) is 4. The minimum Gasteiger partial charge on any atom is -0.508 e. The molecule has 0 saturated carbocycles. The molecule has 0 radical (unpaired) electrons. The summed E-state index contributed by atoms with van der Waals surface area (Å²) in [6.07, 6.45) is 0.541. The lowest BCUT2D eigenvalue weighted by Gasteiger charge is -2.05. The van der Waals surface area contributed by atoms with Gasteiger partial charge < -0.3 is 20.4 Å². The van der Waals surface area contributed by atoms with Gasteiger partial charge in [-0.15, -0.1) is 0 Å². The van der Waals surface area contributed by atoms with Crippen molar-refractivity contribution in [2.45, 2.75) is 20.3 Å². The molecule has 2 rings (SSSR count). The summed E-state index contributed by atoms with van der Waals surface area (Å²) >= 11 is 0. The van der Waals surface area contributed by atoms with Crippen LogP contribution in [0.1, 0.15) is 25.0 Å². The second-order valence-electron chi connectivity index (χ2n) is 5.61. The second kappa shape index (κ2) is 11.9. The summed E-state index contributed by atoms with van der Waals surface area (Å²) in [6, 6.07) is 14.3. The van der Waals surface area contributed by atoms with Gasteiger partial charge in [0, 0.05) is 17.6 Å². The maximum absolute atomic E-state index is 9.60. The Morgan fingerprint density at radius 2 is 1.00 bits per heavy atom. The minimum atomic E-state index is -0.935. The zero-order valence-electron chi connectivity index (χ0n) is 15.3.